The van der Waals surface area contributed by atoms with E-state index in [4.69, 9.17) is 9.47 Å². The fourth-order valence-electron chi connectivity index (χ4n) is 4.04. The second-order valence-electron chi connectivity index (χ2n) is 7.50. The lowest BCUT2D eigenvalue weighted by molar-refractivity contribution is -0.139. The van der Waals surface area contributed by atoms with Gasteiger partial charge >= 0.3 is 0 Å². The molecule has 0 spiro atoms. The van der Waals surface area contributed by atoms with E-state index in [0.29, 0.717) is 42.1 Å². The fourth-order valence-corrected chi connectivity index (χ4v) is 4.04. The molecule has 2 aromatic heterocycles. The number of likely N-dealkylation sites (tertiary alicyclic amines) is 1. The molecule has 0 aliphatic carbocycles. The van der Waals surface area contributed by atoms with Gasteiger partial charge in [-0.25, -0.2) is 4.98 Å². The molecule has 1 N–H and O–H groups in total. The van der Waals surface area contributed by atoms with Crippen molar-refractivity contribution in [2.75, 3.05) is 13.3 Å². The Kier molecular flexibility index (Phi) is 5.06. The zero-order valence-electron chi connectivity index (χ0n) is 17.0. The number of benzene rings is 1. The molecule has 0 unspecified atom stereocenters. The number of amides is 1. The standard InChI is InChI=1S/C23H20N4O5/c28-21(15-4-5-17-18(11-15)32-14-31-17)19-20(16-3-1-6-24-12-16)27(23(30)22(19)29)9-2-8-26-10-7-25-13-26/h1,3-7,10-13,20,28H,2,8-9,14H2/t20-/m0/s1. The van der Waals surface area contributed by atoms with Crippen molar-refractivity contribution >= 4 is 17.4 Å². The number of aromatic nitrogens is 3. The summed E-state index contributed by atoms with van der Waals surface area (Å²) in [6, 6.07) is 7.69. The highest BCUT2D eigenvalue weighted by atomic mass is 16.7. The number of aliphatic hydroxyl groups is 1. The minimum absolute atomic E-state index is 0.0319. The Bertz CT molecular complexity index is 1190. The number of hydrogen-bond donors (Lipinski definition) is 1. The van der Waals surface area contributed by atoms with Gasteiger partial charge in [-0.15, -0.1) is 0 Å². The van der Waals surface area contributed by atoms with Crippen LogP contribution in [0.3, 0.4) is 0 Å². The Morgan fingerprint density at radius 1 is 1.09 bits per heavy atom. The number of carbonyl (C=O) groups excluding carboxylic acids is 2. The summed E-state index contributed by atoms with van der Waals surface area (Å²) in [5, 5.41) is 11.1. The normalized spacial score (nSPS) is 19.0. The number of pyridine rings is 1. The molecule has 9 heteroatoms. The van der Waals surface area contributed by atoms with Crippen LogP contribution in [0.2, 0.25) is 0 Å². The number of Topliss-reactive ketones (excluding diaryl/α,β-unsaturated/α-hetero) is 1. The van der Waals surface area contributed by atoms with Crippen molar-refractivity contribution in [2.45, 2.75) is 19.0 Å². The predicted octanol–water partition coefficient (Wildman–Crippen LogP) is 2.52. The lowest BCUT2D eigenvalue weighted by Crippen LogP contribution is -2.31. The van der Waals surface area contributed by atoms with Crippen LogP contribution in [-0.2, 0) is 16.1 Å². The van der Waals surface area contributed by atoms with E-state index in [1.54, 1.807) is 55.2 Å². The zero-order valence-corrected chi connectivity index (χ0v) is 17.0. The van der Waals surface area contributed by atoms with E-state index in [0.717, 1.165) is 0 Å². The van der Waals surface area contributed by atoms with Crippen molar-refractivity contribution < 1.29 is 24.2 Å². The number of aryl methyl sites for hydroxylation is 1. The first kappa shape index (κ1) is 19.8. The number of rotatable bonds is 6. The molecule has 5 rings (SSSR count). The molecule has 1 atom stereocenters. The van der Waals surface area contributed by atoms with Crippen LogP contribution < -0.4 is 9.47 Å². The quantitative estimate of drug-likeness (QED) is 0.362. The van der Waals surface area contributed by atoms with Crippen LogP contribution in [0, 0.1) is 0 Å². The van der Waals surface area contributed by atoms with Gasteiger partial charge in [0.25, 0.3) is 11.7 Å². The van der Waals surface area contributed by atoms with Gasteiger partial charge in [0.15, 0.2) is 11.5 Å². The molecule has 1 aromatic carbocycles. The number of carbonyl (C=O) groups is 2. The largest absolute Gasteiger partial charge is 0.507 e. The number of imidazole rings is 1. The van der Waals surface area contributed by atoms with Gasteiger partial charge in [0.2, 0.25) is 6.79 Å². The maximum Gasteiger partial charge on any atom is 0.295 e. The summed E-state index contributed by atoms with van der Waals surface area (Å²) in [5.41, 5.74) is 1.06. The molecular formula is C23H20N4O5. The van der Waals surface area contributed by atoms with Crippen LogP contribution in [0.25, 0.3) is 5.76 Å². The maximum atomic E-state index is 13.0. The molecule has 3 aromatic rings. The maximum absolute atomic E-state index is 13.0. The molecule has 9 nitrogen and oxygen atoms in total. The first-order valence-electron chi connectivity index (χ1n) is 10.2. The number of fused-ring (bicyclic) bond motifs is 1. The summed E-state index contributed by atoms with van der Waals surface area (Å²) in [6.45, 7) is 1.07. The van der Waals surface area contributed by atoms with Crippen LogP contribution >= 0.6 is 0 Å². The van der Waals surface area contributed by atoms with Gasteiger partial charge in [-0.1, -0.05) is 6.07 Å². The summed E-state index contributed by atoms with van der Waals surface area (Å²) in [7, 11) is 0. The van der Waals surface area contributed by atoms with E-state index in [9.17, 15) is 14.7 Å². The predicted molar refractivity (Wildman–Crippen MR) is 113 cm³/mol. The molecule has 2 aliphatic rings. The summed E-state index contributed by atoms with van der Waals surface area (Å²) >= 11 is 0. The molecule has 0 saturated carbocycles. The average molecular weight is 432 g/mol. The zero-order chi connectivity index (χ0) is 22.1. The minimum atomic E-state index is -0.739. The van der Waals surface area contributed by atoms with Crippen LogP contribution in [0.5, 0.6) is 11.5 Å². The van der Waals surface area contributed by atoms with Crippen molar-refractivity contribution in [2.24, 2.45) is 0 Å². The van der Waals surface area contributed by atoms with Gasteiger partial charge in [-0.2, -0.15) is 0 Å². The van der Waals surface area contributed by atoms with Gasteiger partial charge in [-0.05, 0) is 36.2 Å². The minimum Gasteiger partial charge on any atom is -0.507 e. The lowest BCUT2D eigenvalue weighted by atomic mass is 9.96. The third kappa shape index (κ3) is 3.47. The molecule has 2 aliphatic heterocycles. The molecule has 4 heterocycles. The van der Waals surface area contributed by atoms with Gasteiger partial charge in [-0.3, -0.25) is 14.6 Å². The van der Waals surface area contributed by atoms with Crippen LogP contribution in [0.15, 0.2) is 67.0 Å². The van der Waals surface area contributed by atoms with Crippen LogP contribution in [0.1, 0.15) is 23.6 Å². The molecule has 162 valence electrons. The van der Waals surface area contributed by atoms with Crippen molar-refractivity contribution in [1.82, 2.24) is 19.4 Å². The van der Waals surface area contributed by atoms with E-state index in [-0.39, 0.29) is 18.1 Å². The monoisotopic (exact) mass is 432 g/mol. The molecule has 0 radical (unpaired) electrons. The third-order valence-corrected chi connectivity index (χ3v) is 5.56. The van der Waals surface area contributed by atoms with E-state index >= 15 is 0 Å². The Hall–Kier alpha value is -4.14. The topological polar surface area (TPSA) is 107 Å². The first-order chi connectivity index (χ1) is 15.6. The Balaban J connectivity index is 1.52. The fraction of sp³-hybridized carbons (Fsp3) is 0.217. The Morgan fingerprint density at radius 3 is 2.75 bits per heavy atom. The second-order valence-corrected chi connectivity index (χ2v) is 7.50. The Morgan fingerprint density at radius 2 is 1.97 bits per heavy atom. The van der Waals surface area contributed by atoms with Crippen LogP contribution in [0.4, 0.5) is 0 Å². The number of ether oxygens (including phenoxy) is 2. The molecule has 0 bridgehead atoms. The highest BCUT2D eigenvalue weighted by molar-refractivity contribution is 6.46. The molecule has 1 fully saturated rings. The van der Waals surface area contributed by atoms with Crippen molar-refractivity contribution in [3.63, 3.8) is 0 Å². The highest BCUT2D eigenvalue weighted by Gasteiger charge is 2.46. The SMILES string of the molecule is O=C1C(=O)N(CCCn2ccnc2)[C@@H](c2cccnc2)C1=C(O)c1ccc2c(c1)OCO2. The number of ketones is 1. The van der Waals surface area contributed by atoms with Crippen LogP contribution in [-0.4, -0.2) is 49.6 Å². The lowest BCUT2D eigenvalue weighted by Gasteiger charge is -2.25. The van der Waals surface area contributed by atoms with E-state index < -0.39 is 17.7 Å². The van der Waals surface area contributed by atoms with E-state index in [1.807, 2.05) is 10.8 Å². The van der Waals surface area contributed by atoms with Crippen molar-refractivity contribution in [1.29, 1.82) is 0 Å². The van der Waals surface area contributed by atoms with Crippen molar-refractivity contribution in [3.8, 4) is 11.5 Å². The molecule has 1 amide bonds. The number of aliphatic hydroxyl groups excluding tert-OH is 1. The third-order valence-electron chi connectivity index (χ3n) is 5.56. The average Bonchev–Trinajstić information content (AvgIpc) is 3.55. The van der Waals surface area contributed by atoms with Gasteiger partial charge < -0.3 is 24.0 Å². The van der Waals surface area contributed by atoms with E-state index in [1.165, 1.54) is 4.90 Å². The molecule has 32 heavy (non-hydrogen) atoms. The summed E-state index contributed by atoms with van der Waals surface area (Å²) in [6.07, 6.45) is 9.06. The van der Waals surface area contributed by atoms with Gasteiger partial charge in [0.1, 0.15) is 5.76 Å². The summed E-state index contributed by atoms with van der Waals surface area (Å²) < 4.78 is 12.6. The first-order valence-corrected chi connectivity index (χ1v) is 10.2. The molecule has 1 saturated heterocycles. The van der Waals surface area contributed by atoms with Gasteiger partial charge in [0, 0.05) is 43.4 Å². The van der Waals surface area contributed by atoms with E-state index in [2.05, 4.69) is 9.97 Å². The molecular weight excluding hydrogens is 412 g/mol. The number of nitrogens with zero attached hydrogens (tertiary/aromatic N) is 4. The smallest absolute Gasteiger partial charge is 0.295 e. The van der Waals surface area contributed by atoms with Gasteiger partial charge in [0.05, 0.1) is 17.9 Å². The Labute approximate surface area is 183 Å². The summed E-state index contributed by atoms with van der Waals surface area (Å²) in [4.78, 5) is 35.7. The summed E-state index contributed by atoms with van der Waals surface area (Å²) in [5.74, 6) is -0.595. The van der Waals surface area contributed by atoms with Crippen molar-refractivity contribution in [3.05, 3.63) is 78.1 Å². The highest BCUT2D eigenvalue weighted by Crippen LogP contribution is 2.41. The second kappa shape index (κ2) is 8.18. The number of hydrogen-bond acceptors (Lipinski definition) is 7.